The SMILES string of the molecule is CC(C)(F)CNC(=O)Nc1cccc(-c2cnc3cc(-c4cnn(C5CCN(C(=O)C6CC(O)C6)CC5)c4)cnn23)c1. The van der Waals surface area contributed by atoms with E-state index in [9.17, 15) is 19.1 Å². The van der Waals surface area contributed by atoms with Crippen LogP contribution in [0.3, 0.4) is 0 Å². The van der Waals surface area contributed by atoms with Gasteiger partial charge in [0.05, 0.1) is 43.0 Å². The van der Waals surface area contributed by atoms with Gasteiger partial charge in [0.25, 0.3) is 0 Å². The highest BCUT2D eigenvalue weighted by atomic mass is 19.1. The number of aliphatic hydroxyl groups excluding tert-OH is 1. The van der Waals surface area contributed by atoms with Gasteiger partial charge in [0.2, 0.25) is 5.91 Å². The number of carbonyl (C=O) groups excluding carboxylic acids is 2. The Labute approximate surface area is 242 Å². The largest absolute Gasteiger partial charge is 0.393 e. The summed E-state index contributed by atoms with van der Waals surface area (Å²) in [5.74, 6) is 0.149. The number of rotatable bonds is 7. The van der Waals surface area contributed by atoms with Gasteiger partial charge in [0, 0.05) is 47.6 Å². The molecule has 12 heteroatoms. The third kappa shape index (κ3) is 5.98. The van der Waals surface area contributed by atoms with E-state index >= 15 is 0 Å². The van der Waals surface area contributed by atoms with Gasteiger partial charge >= 0.3 is 6.03 Å². The molecule has 42 heavy (non-hydrogen) atoms. The van der Waals surface area contributed by atoms with E-state index in [2.05, 4.69) is 25.8 Å². The second kappa shape index (κ2) is 11.2. The number of hydrogen-bond donors (Lipinski definition) is 3. The van der Waals surface area contributed by atoms with Crippen molar-refractivity contribution < 1.29 is 19.1 Å². The van der Waals surface area contributed by atoms with Crippen molar-refractivity contribution in [1.29, 1.82) is 0 Å². The summed E-state index contributed by atoms with van der Waals surface area (Å²) in [6, 6.07) is 9.01. The lowest BCUT2D eigenvalue weighted by Crippen LogP contribution is -2.46. The Balaban J connectivity index is 1.11. The molecule has 4 aromatic rings. The summed E-state index contributed by atoms with van der Waals surface area (Å²) in [5, 5.41) is 24.0. The molecular formula is C30H35FN8O3. The molecule has 2 fully saturated rings. The van der Waals surface area contributed by atoms with Crippen LogP contribution in [0.15, 0.2) is 55.1 Å². The van der Waals surface area contributed by atoms with Crippen LogP contribution in [0.2, 0.25) is 0 Å². The summed E-state index contributed by atoms with van der Waals surface area (Å²) < 4.78 is 17.4. The minimum absolute atomic E-state index is 0.0216. The standard InChI is InChI=1S/C30H35FN8O3/c1-30(2,31)18-33-29(42)36-23-5-3-4-19(10-23)26-16-32-27-13-21(14-35-39(26)27)22-15-34-38(17-22)24-6-8-37(9-7-24)28(41)20-11-25(40)12-20/h3-5,10,13-17,20,24-25,40H,6-9,11-12,18H2,1-2H3,(H2,33,36,42). The van der Waals surface area contributed by atoms with Gasteiger partial charge < -0.3 is 20.6 Å². The number of imidazole rings is 1. The van der Waals surface area contributed by atoms with Crippen molar-refractivity contribution >= 4 is 23.3 Å². The molecule has 6 rings (SSSR count). The Hall–Kier alpha value is -4.32. The molecule has 1 aliphatic carbocycles. The van der Waals surface area contributed by atoms with Crippen LogP contribution in [-0.2, 0) is 4.79 Å². The molecule has 4 heterocycles. The van der Waals surface area contributed by atoms with E-state index in [1.807, 2.05) is 46.2 Å². The molecule has 1 saturated heterocycles. The monoisotopic (exact) mass is 574 g/mol. The number of aromatic nitrogens is 5. The predicted octanol–water partition coefficient (Wildman–Crippen LogP) is 4.06. The number of hydrogen-bond acceptors (Lipinski definition) is 6. The lowest BCUT2D eigenvalue weighted by molar-refractivity contribution is -0.143. The summed E-state index contributed by atoms with van der Waals surface area (Å²) in [5.41, 5.74) is 3.15. The number of benzene rings is 1. The maximum absolute atomic E-state index is 13.7. The number of aliphatic hydroxyl groups is 1. The van der Waals surface area contributed by atoms with Crippen LogP contribution in [0.1, 0.15) is 45.6 Å². The van der Waals surface area contributed by atoms with Crippen molar-refractivity contribution in [2.45, 2.75) is 57.3 Å². The summed E-state index contributed by atoms with van der Waals surface area (Å²) in [7, 11) is 0. The zero-order valence-electron chi connectivity index (χ0n) is 23.7. The average molecular weight is 575 g/mol. The number of nitrogens with zero attached hydrogens (tertiary/aromatic N) is 6. The van der Waals surface area contributed by atoms with Crippen molar-refractivity contribution in [2.75, 3.05) is 25.0 Å². The van der Waals surface area contributed by atoms with Gasteiger partial charge in [-0.25, -0.2) is 18.7 Å². The highest BCUT2D eigenvalue weighted by Gasteiger charge is 2.37. The van der Waals surface area contributed by atoms with Crippen LogP contribution in [0.25, 0.3) is 28.0 Å². The van der Waals surface area contributed by atoms with E-state index in [0.29, 0.717) is 37.3 Å². The normalized spacial score (nSPS) is 19.5. The summed E-state index contributed by atoms with van der Waals surface area (Å²) in [6.07, 6.45) is 9.89. The summed E-state index contributed by atoms with van der Waals surface area (Å²) in [4.78, 5) is 31.3. The number of likely N-dealkylation sites (tertiary alicyclic amines) is 1. The molecule has 2 aliphatic rings. The zero-order chi connectivity index (χ0) is 29.4. The van der Waals surface area contributed by atoms with Crippen LogP contribution >= 0.6 is 0 Å². The topological polar surface area (TPSA) is 130 Å². The molecular weight excluding hydrogens is 539 g/mol. The van der Waals surface area contributed by atoms with Gasteiger partial charge in [-0.1, -0.05) is 12.1 Å². The molecule has 0 atom stereocenters. The number of urea groups is 1. The number of nitrogens with one attached hydrogen (secondary N) is 2. The fraction of sp³-hybridized carbons (Fsp3) is 0.433. The molecule has 1 saturated carbocycles. The summed E-state index contributed by atoms with van der Waals surface area (Å²) >= 11 is 0. The quantitative estimate of drug-likeness (QED) is 0.305. The second-order valence-electron chi connectivity index (χ2n) is 11.9. The maximum Gasteiger partial charge on any atom is 0.319 e. The van der Waals surface area contributed by atoms with Crippen LogP contribution in [0, 0.1) is 5.92 Å². The lowest BCUT2D eigenvalue weighted by atomic mass is 9.81. The first-order valence-electron chi connectivity index (χ1n) is 14.3. The molecule has 3 amide bonds. The fourth-order valence-corrected chi connectivity index (χ4v) is 5.54. The number of fused-ring (bicyclic) bond motifs is 1. The number of carbonyl (C=O) groups is 2. The molecule has 0 unspecified atom stereocenters. The molecule has 0 radical (unpaired) electrons. The number of piperidine rings is 1. The number of anilines is 1. The number of halogens is 1. The first kappa shape index (κ1) is 27.8. The molecule has 1 aromatic carbocycles. The van der Waals surface area contributed by atoms with E-state index in [1.54, 1.807) is 23.0 Å². The predicted molar refractivity (Wildman–Crippen MR) is 155 cm³/mol. The molecule has 11 nitrogen and oxygen atoms in total. The fourth-order valence-electron chi connectivity index (χ4n) is 5.54. The van der Waals surface area contributed by atoms with Crippen molar-refractivity contribution in [3.63, 3.8) is 0 Å². The van der Waals surface area contributed by atoms with E-state index in [1.165, 1.54) is 13.8 Å². The maximum atomic E-state index is 13.7. The zero-order valence-corrected chi connectivity index (χ0v) is 23.7. The smallest absolute Gasteiger partial charge is 0.319 e. The summed E-state index contributed by atoms with van der Waals surface area (Å²) in [6.45, 7) is 4.12. The lowest BCUT2D eigenvalue weighted by Gasteiger charge is -2.38. The van der Waals surface area contributed by atoms with Gasteiger partial charge in [-0.2, -0.15) is 10.2 Å². The Bertz CT molecular complexity index is 1600. The van der Waals surface area contributed by atoms with Crippen LogP contribution < -0.4 is 10.6 Å². The van der Waals surface area contributed by atoms with Gasteiger partial charge in [0.1, 0.15) is 5.67 Å². The van der Waals surface area contributed by atoms with Gasteiger partial charge in [-0.05, 0) is 57.7 Å². The van der Waals surface area contributed by atoms with E-state index < -0.39 is 11.7 Å². The van der Waals surface area contributed by atoms with Gasteiger partial charge in [-0.15, -0.1) is 0 Å². The molecule has 1 aliphatic heterocycles. The number of amides is 3. The third-order valence-corrected chi connectivity index (χ3v) is 7.99. The van der Waals surface area contributed by atoms with Gasteiger partial charge in [0.15, 0.2) is 5.65 Å². The van der Waals surface area contributed by atoms with E-state index in [-0.39, 0.29) is 30.5 Å². The Morgan fingerprint density at radius 1 is 1.05 bits per heavy atom. The highest BCUT2D eigenvalue weighted by molar-refractivity contribution is 5.90. The molecule has 3 aromatic heterocycles. The molecule has 3 N–H and O–H groups in total. The number of alkyl halides is 1. The Morgan fingerprint density at radius 2 is 1.81 bits per heavy atom. The highest BCUT2D eigenvalue weighted by Crippen LogP contribution is 2.32. The molecule has 0 spiro atoms. The van der Waals surface area contributed by atoms with Crippen LogP contribution in [0.4, 0.5) is 14.9 Å². The first-order valence-corrected chi connectivity index (χ1v) is 14.3. The van der Waals surface area contributed by atoms with E-state index in [4.69, 9.17) is 0 Å². The van der Waals surface area contributed by atoms with Crippen molar-refractivity contribution in [1.82, 2.24) is 34.6 Å². The Kier molecular flexibility index (Phi) is 7.40. The minimum atomic E-state index is -1.50. The van der Waals surface area contributed by atoms with Crippen LogP contribution in [-0.4, -0.2) is 77.7 Å². The molecule has 0 bridgehead atoms. The van der Waals surface area contributed by atoms with Crippen molar-refractivity contribution in [2.24, 2.45) is 5.92 Å². The minimum Gasteiger partial charge on any atom is -0.393 e. The van der Waals surface area contributed by atoms with Crippen LogP contribution in [0.5, 0.6) is 0 Å². The van der Waals surface area contributed by atoms with E-state index in [0.717, 1.165) is 35.2 Å². The second-order valence-corrected chi connectivity index (χ2v) is 11.9. The first-order chi connectivity index (χ1) is 20.1. The van der Waals surface area contributed by atoms with Crippen molar-refractivity contribution in [3.05, 3.63) is 55.1 Å². The average Bonchev–Trinajstić information content (AvgIpc) is 3.62. The van der Waals surface area contributed by atoms with Gasteiger partial charge in [-0.3, -0.25) is 9.48 Å². The molecule has 220 valence electrons. The Morgan fingerprint density at radius 3 is 2.55 bits per heavy atom. The third-order valence-electron chi connectivity index (χ3n) is 7.99. The van der Waals surface area contributed by atoms with Crippen molar-refractivity contribution in [3.8, 4) is 22.4 Å².